The molecule has 0 amide bonds. The predicted octanol–water partition coefficient (Wildman–Crippen LogP) is 2.49. The Morgan fingerprint density at radius 3 is 2.91 bits per heavy atom. The fourth-order valence-corrected chi connectivity index (χ4v) is 1.65. The summed E-state index contributed by atoms with van der Waals surface area (Å²) in [5, 5.41) is 0. The Morgan fingerprint density at radius 1 is 1.73 bits per heavy atom. The van der Waals surface area contributed by atoms with Crippen LogP contribution in [0.15, 0.2) is 23.8 Å². The first kappa shape index (κ1) is 8.25. The largest absolute Gasteiger partial charge is 0.298 e. The van der Waals surface area contributed by atoms with E-state index in [-0.39, 0.29) is 0 Å². The van der Waals surface area contributed by atoms with Crippen LogP contribution in [0.5, 0.6) is 0 Å². The van der Waals surface area contributed by atoms with Crippen LogP contribution in [0.3, 0.4) is 0 Å². The van der Waals surface area contributed by atoms with Gasteiger partial charge in [0.1, 0.15) is 6.29 Å². The molecule has 1 unspecified atom stereocenters. The van der Waals surface area contributed by atoms with Crippen LogP contribution in [-0.4, -0.2) is 6.29 Å². The second kappa shape index (κ2) is 3.51. The third kappa shape index (κ3) is 1.59. The van der Waals surface area contributed by atoms with Gasteiger partial charge in [-0.15, -0.1) is 6.58 Å². The molecule has 0 aromatic rings. The summed E-state index contributed by atoms with van der Waals surface area (Å²) >= 11 is 0. The first-order valence-electron chi connectivity index (χ1n) is 4.05. The van der Waals surface area contributed by atoms with E-state index in [2.05, 4.69) is 13.5 Å². The van der Waals surface area contributed by atoms with Crippen LogP contribution in [0.4, 0.5) is 0 Å². The van der Waals surface area contributed by atoms with E-state index in [1.807, 2.05) is 6.08 Å². The number of allylic oxidation sites excluding steroid dienone is 3. The van der Waals surface area contributed by atoms with E-state index in [0.29, 0.717) is 5.92 Å². The van der Waals surface area contributed by atoms with Crippen molar-refractivity contribution in [2.45, 2.75) is 26.2 Å². The summed E-state index contributed by atoms with van der Waals surface area (Å²) in [7, 11) is 0. The summed E-state index contributed by atoms with van der Waals surface area (Å²) in [6.07, 6.45) is 6.04. The van der Waals surface area contributed by atoms with Gasteiger partial charge in [-0.05, 0) is 37.7 Å². The highest BCUT2D eigenvalue weighted by Gasteiger charge is 2.19. The maximum Gasteiger partial charge on any atom is 0.145 e. The molecule has 0 fully saturated rings. The van der Waals surface area contributed by atoms with Gasteiger partial charge in [-0.2, -0.15) is 0 Å². The molecular formula is C10H14O. The lowest BCUT2D eigenvalue weighted by Gasteiger charge is -2.06. The van der Waals surface area contributed by atoms with E-state index < -0.39 is 0 Å². The molecule has 0 heterocycles. The minimum absolute atomic E-state index is 0.590. The van der Waals surface area contributed by atoms with E-state index in [1.54, 1.807) is 0 Å². The molecule has 0 aliphatic heterocycles. The lowest BCUT2D eigenvalue weighted by atomic mass is 9.99. The molecule has 1 atom stereocenters. The van der Waals surface area contributed by atoms with Crippen LogP contribution in [0, 0.1) is 5.92 Å². The highest BCUT2D eigenvalue weighted by molar-refractivity contribution is 5.75. The van der Waals surface area contributed by atoms with Crippen LogP contribution < -0.4 is 0 Å². The molecule has 0 spiro atoms. The van der Waals surface area contributed by atoms with Crippen LogP contribution in [0.25, 0.3) is 0 Å². The van der Waals surface area contributed by atoms with Crippen molar-refractivity contribution in [3.8, 4) is 0 Å². The number of hydrogen-bond acceptors (Lipinski definition) is 1. The average molecular weight is 150 g/mol. The molecule has 1 aliphatic rings. The predicted molar refractivity (Wildman–Crippen MR) is 46.3 cm³/mol. The summed E-state index contributed by atoms with van der Waals surface area (Å²) in [5.74, 6) is 0.590. The first-order chi connectivity index (χ1) is 5.29. The van der Waals surface area contributed by atoms with Crippen molar-refractivity contribution >= 4 is 6.29 Å². The summed E-state index contributed by atoms with van der Waals surface area (Å²) in [4.78, 5) is 10.5. The Bertz CT molecular complexity index is 201. The lowest BCUT2D eigenvalue weighted by molar-refractivity contribution is -0.105. The van der Waals surface area contributed by atoms with E-state index >= 15 is 0 Å². The van der Waals surface area contributed by atoms with Gasteiger partial charge in [-0.3, -0.25) is 4.79 Å². The van der Waals surface area contributed by atoms with Crippen LogP contribution in [0.2, 0.25) is 0 Å². The summed E-state index contributed by atoms with van der Waals surface area (Å²) in [5.41, 5.74) is 2.29. The average Bonchev–Trinajstić information content (AvgIpc) is 2.34. The lowest BCUT2D eigenvalue weighted by Crippen LogP contribution is -1.94. The Hall–Kier alpha value is -0.850. The molecular weight excluding hydrogens is 136 g/mol. The number of aldehydes is 1. The molecule has 1 aliphatic carbocycles. The zero-order valence-corrected chi connectivity index (χ0v) is 6.97. The monoisotopic (exact) mass is 150 g/mol. The Labute approximate surface area is 67.8 Å². The van der Waals surface area contributed by atoms with Crippen molar-refractivity contribution in [3.05, 3.63) is 23.8 Å². The third-order valence-corrected chi connectivity index (χ3v) is 2.47. The molecule has 0 aromatic heterocycles. The smallest absolute Gasteiger partial charge is 0.145 e. The van der Waals surface area contributed by atoms with Crippen molar-refractivity contribution in [3.63, 3.8) is 0 Å². The molecule has 11 heavy (non-hydrogen) atoms. The van der Waals surface area contributed by atoms with Crippen molar-refractivity contribution in [2.24, 2.45) is 5.92 Å². The molecule has 0 N–H and O–H groups in total. The number of rotatable bonds is 3. The number of carbonyl (C=O) groups is 1. The van der Waals surface area contributed by atoms with E-state index in [4.69, 9.17) is 0 Å². The molecule has 0 radical (unpaired) electrons. The van der Waals surface area contributed by atoms with E-state index in [9.17, 15) is 4.79 Å². The molecule has 1 nitrogen and oxygen atoms in total. The maximum absolute atomic E-state index is 10.5. The fourth-order valence-electron chi connectivity index (χ4n) is 1.65. The highest BCUT2D eigenvalue weighted by atomic mass is 16.1. The number of carbonyl (C=O) groups excluding carboxylic acids is 1. The minimum Gasteiger partial charge on any atom is -0.298 e. The fraction of sp³-hybridized carbons (Fsp3) is 0.500. The molecule has 0 saturated carbocycles. The van der Waals surface area contributed by atoms with Crippen LogP contribution in [0.1, 0.15) is 26.2 Å². The second-order valence-electron chi connectivity index (χ2n) is 3.09. The van der Waals surface area contributed by atoms with Crippen molar-refractivity contribution < 1.29 is 4.79 Å². The van der Waals surface area contributed by atoms with Gasteiger partial charge in [0.25, 0.3) is 0 Å². The highest BCUT2D eigenvalue weighted by Crippen LogP contribution is 2.32. The second-order valence-corrected chi connectivity index (χ2v) is 3.09. The van der Waals surface area contributed by atoms with E-state index in [1.165, 1.54) is 5.57 Å². The maximum atomic E-state index is 10.5. The molecule has 0 saturated heterocycles. The zero-order valence-electron chi connectivity index (χ0n) is 6.97. The standard InChI is InChI=1S/C10H14O/c1-3-4-9-5-6-10(7-11)8(9)2/h3,7,9H,1,4-6H2,2H3. The third-order valence-electron chi connectivity index (χ3n) is 2.47. The minimum atomic E-state index is 0.590. The van der Waals surface area contributed by atoms with Gasteiger partial charge in [0.15, 0.2) is 0 Å². The van der Waals surface area contributed by atoms with Gasteiger partial charge >= 0.3 is 0 Å². The topological polar surface area (TPSA) is 17.1 Å². The summed E-state index contributed by atoms with van der Waals surface area (Å²) in [6.45, 7) is 5.76. The SMILES string of the molecule is C=CCC1CCC(C=O)=C1C. The Kier molecular flexibility index (Phi) is 2.64. The van der Waals surface area contributed by atoms with Gasteiger partial charge in [-0.25, -0.2) is 0 Å². The summed E-state index contributed by atoms with van der Waals surface area (Å²) in [6, 6.07) is 0. The quantitative estimate of drug-likeness (QED) is 0.446. The molecule has 0 aromatic carbocycles. The molecule has 0 bridgehead atoms. The van der Waals surface area contributed by atoms with Gasteiger partial charge in [0.2, 0.25) is 0 Å². The summed E-state index contributed by atoms with van der Waals surface area (Å²) < 4.78 is 0. The van der Waals surface area contributed by atoms with Crippen LogP contribution in [-0.2, 0) is 4.79 Å². The van der Waals surface area contributed by atoms with Crippen molar-refractivity contribution in [1.82, 2.24) is 0 Å². The zero-order chi connectivity index (χ0) is 8.27. The van der Waals surface area contributed by atoms with Crippen LogP contribution >= 0.6 is 0 Å². The molecule has 1 heteroatoms. The first-order valence-corrected chi connectivity index (χ1v) is 4.05. The number of hydrogen-bond donors (Lipinski definition) is 0. The Morgan fingerprint density at radius 2 is 2.45 bits per heavy atom. The molecule has 60 valence electrons. The van der Waals surface area contributed by atoms with Gasteiger partial charge < -0.3 is 0 Å². The van der Waals surface area contributed by atoms with Gasteiger partial charge in [0.05, 0.1) is 0 Å². The normalized spacial score (nSPS) is 23.9. The Balaban J connectivity index is 2.68. The van der Waals surface area contributed by atoms with Crippen molar-refractivity contribution in [2.75, 3.05) is 0 Å². The van der Waals surface area contributed by atoms with E-state index in [0.717, 1.165) is 31.1 Å². The molecule has 1 rings (SSSR count). The van der Waals surface area contributed by atoms with Crippen molar-refractivity contribution in [1.29, 1.82) is 0 Å². The van der Waals surface area contributed by atoms with Gasteiger partial charge in [0, 0.05) is 0 Å². The van der Waals surface area contributed by atoms with Gasteiger partial charge in [-0.1, -0.05) is 11.6 Å².